The Balaban J connectivity index is 1.99. The van der Waals surface area contributed by atoms with Gasteiger partial charge in [0, 0.05) is 11.8 Å². The topological polar surface area (TPSA) is 54.9 Å². The largest absolute Gasteiger partial charge is 0.300 e. The SMILES string of the molecule is CC(C)C(=O)Nc1nnc(C2CCCC2)s1. The van der Waals surface area contributed by atoms with Crippen LogP contribution in [0.1, 0.15) is 50.5 Å². The predicted molar refractivity (Wildman–Crippen MR) is 64.6 cm³/mol. The van der Waals surface area contributed by atoms with Crippen LogP contribution in [0.3, 0.4) is 0 Å². The number of hydrogen-bond donors (Lipinski definition) is 1. The van der Waals surface area contributed by atoms with Crippen molar-refractivity contribution in [1.29, 1.82) is 0 Å². The van der Waals surface area contributed by atoms with Crippen LogP contribution in [0.25, 0.3) is 0 Å². The molecule has 1 aromatic heterocycles. The molecule has 1 N–H and O–H groups in total. The van der Waals surface area contributed by atoms with Crippen LogP contribution in [0, 0.1) is 5.92 Å². The average molecular weight is 239 g/mol. The van der Waals surface area contributed by atoms with E-state index in [0.717, 1.165) is 5.01 Å². The van der Waals surface area contributed by atoms with Gasteiger partial charge in [-0.25, -0.2) is 0 Å². The number of carbonyl (C=O) groups excluding carboxylic acids is 1. The summed E-state index contributed by atoms with van der Waals surface area (Å²) in [7, 11) is 0. The standard InChI is InChI=1S/C11H17N3OS/c1-7(2)9(15)12-11-14-13-10(16-11)8-5-3-4-6-8/h7-8H,3-6H2,1-2H3,(H,12,14,15). The van der Waals surface area contributed by atoms with Crippen molar-refractivity contribution in [3.8, 4) is 0 Å². The molecule has 4 nitrogen and oxygen atoms in total. The number of rotatable bonds is 3. The molecule has 0 bridgehead atoms. The second kappa shape index (κ2) is 4.91. The van der Waals surface area contributed by atoms with Gasteiger partial charge in [0.25, 0.3) is 0 Å². The van der Waals surface area contributed by atoms with Gasteiger partial charge in [0.05, 0.1) is 0 Å². The van der Waals surface area contributed by atoms with E-state index in [-0.39, 0.29) is 11.8 Å². The summed E-state index contributed by atoms with van der Waals surface area (Å²) in [6.45, 7) is 3.74. The lowest BCUT2D eigenvalue weighted by molar-refractivity contribution is -0.118. The first-order valence-corrected chi connectivity index (χ1v) is 6.62. The quantitative estimate of drug-likeness (QED) is 0.882. The molecule has 16 heavy (non-hydrogen) atoms. The summed E-state index contributed by atoms with van der Waals surface area (Å²) in [6, 6.07) is 0. The Morgan fingerprint density at radius 3 is 2.69 bits per heavy atom. The molecule has 1 aliphatic carbocycles. The predicted octanol–water partition coefficient (Wildman–Crippen LogP) is 2.79. The Kier molecular flexibility index (Phi) is 3.53. The fourth-order valence-corrected chi connectivity index (χ4v) is 2.79. The average Bonchev–Trinajstić information content (AvgIpc) is 2.85. The van der Waals surface area contributed by atoms with Crippen molar-refractivity contribution in [2.24, 2.45) is 5.92 Å². The Morgan fingerprint density at radius 2 is 2.06 bits per heavy atom. The van der Waals surface area contributed by atoms with Gasteiger partial charge in [0.2, 0.25) is 11.0 Å². The molecule has 1 aliphatic rings. The summed E-state index contributed by atoms with van der Waals surface area (Å²) in [5.41, 5.74) is 0. The van der Waals surface area contributed by atoms with E-state index in [1.54, 1.807) is 0 Å². The molecule has 0 aliphatic heterocycles. The highest BCUT2D eigenvalue weighted by atomic mass is 32.1. The van der Waals surface area contributed by atoms with Gasteiger partial charge in [-0.15, -0.1) is 10.2 Å². The first-order chi connectivity index (χ1) is 7.66. The normalized spacial score (nSPS) is 16.9. The van der Waals surface area contributed by atoms with Crippen molar-refractivity contribution < 1.29 is 4.79 Å². The molecular weight excluding hydrogens is 222 g/mol. The molecule has 0 saturated heterocycles. The van der Waals surface area contributed by atoms with E-state index in [9.17, 15) is 4.79 Å². The maximum atomic E-state index is 11.5. The minimum absolute atomic E-state index is 0.00845. The third-order valence-electron chi connectivity index (χ3n) is 2.90. The number of nitrogens with one attached hydrogen (secondary N) is 1. The van der Waals surface area contributed by atoms with Crippen molar-refractivity contribution in [2.75, 3.05) is 5.32 Å². The molecule has 0 atom stereocenters. The maximum absolute atomic E-state index is 11.5. The van der Waals surface area contributed by atoms with Crippen LogP contribution in [0.4, 0.5) is 5.13 Å². The third-order valence-corrected chi connectivity index (χ3v) is 3.90. The van der Waals surface area contributed by atoms with Crippen molar-refractivity contribution in [2.45, 2.75) is 45.4 Å². The summed E-state index contributed by atoms with van der Waals surface area (Å²) in [4.78, 5) is 11.5. The minimum atomic E-state index is -0.0150. The molecule has 5 heteroatoms. The molecule has 1 fully saturated rings. The monoisotopic (exact) mass is 239 g/mol. The van der Waals surface area contributed by atoms with Crippen LogP contribution in [-0.2, 0) is 4.79 Å². The molecule has 0 spiro atoms. The molecule has 1 heterocycles. The summed E-state index contributed by atoms with van der Waals surface area (Å²) < 4.78 is 0. The Labute approximate surface area is 99.5 Å². The van der Waals surface area contributed by atoms with Crippen LogP contribution in [0.15, 0.2) is 0 Å². The zero-order chi connectivity index (χ0) is 11.5. The van der Waals surface area contributed by atoms with Gasteiger partial charge in [-0.3, -0.25) is 4.79 Å². The Bertz CT molecular complexity index is 369. The molecule has 1 amide bonds. The Morgan fingerprint density at radius 1 is 1.38 bits per heavy atom. The minimum Gasteiger partial charge on any atom is -0.300 e. The van der Waals surface area contributed by atoms with E-state index < -0.39 is 0 Å². The number of hydrogen-bond acceptors (Lipinski definition) is 4. The van der Waals surface area contributed by atoms with Gasteiger partial charge >= 0.3 is 0 Å². The number of amides is 1. The number of nitrogens with zero attached hydrogens (tertiary/aromatic N) is 2. The van der Waals surface area contributed by atoms with E-state index in [0.29, 0.717) is 11.0 Å². The smallest absolute Gasteiger partial charge is 0.228 e. The number of carbonyl (C=O) groups is 1. The van der Waals surface area contributed by atoms with Crippen molar-refractivity contribution in [1.82, 2.24) is 10.2 Å². The van der Waals surface area contributed by atoms with E-state index in [2.05, 4.69) is 15.5 Å². The van der Waals surface area contributed by atoms with Crippen molar-refractivity contribution >= 4 is 22.4 Å². The van der Waals surface area contributed by atoms with Gasteiger partial charge in [0.1, 0.15) is 5.01 Å². The molecule has 88 valence electrons. The van der Waals surface area contributed by atoms with Crippen LogP contribution in [0.5, 0.6) is 0 Å². The molecule has 1 aromatic rings. The zero-order valence-corrected chi connectivity index (χ0v) is 10.5. The summed E-state index contributed by atoms with van der Waals surface area (Å²) >= 11 is 1.52. The highest BCUT2D eigenvalue weighted by Crippen LogP contribution is 2.36. The van der Waals surface area contributed by atoms with Crippen molar-refractivity contribution in [3.05, 3.63) is 5.01 Å². The van der Waals surface area contributed by atoms with Gasteiger partial charge < -0.3 is 5.32 Å². The molecule has 0 aromatic carbocycles. The lowest BCUT2D eigenvalue weighted by Gasteiger charge is -2.03. The van der Waals surface area contributed by atoms with Crippen LogP contribution in [-0.4, -0.2) is 16.1 Å². The fraction of sp³-hybridized carbons (Fsp3) is 0.727. The summed E-state index contributed by atoms with van der Waals surface area (Å²) in [5, 5.41) is 12.7. The Hall–Kier alpha value is -0.970. The highest BCUT2D eigenvalue weighted by molar-refractivity contribution is 7.15. The van der Waals surface area contributed by atoms with Crippen molar-refractivity contribution in [3.63, 3.8) is 0 Å². The van der Waals surface area contributed by atoms with E-state index in [1.165, 1.54) is 37.0 Å². The van der Waals surface area contributed by atoms with Gasteiger partial charge in [0.15, 0.2) is 0 Å². The lowest BCUT2D eigenvalue weighted by atomic mass is 10.1. The van der Waals surface area contributed by atoms with E-state index in [4.69, 9.17) is 0 Å². The maximum Gasteiger partial charge on any atom is 0.228 e. The second-order valence-corrected chi connectivity index (χ2v) is 5.58. The first kappa shape index (κ1) is 11.5. The van der Waals surface area contributed by atoms with E-state index in [1.807, 2.05) is 13.8 Å². The first-order valence-electron chi connectivity index (χ1n) is 5.81. The van der Waals surface area contributed by atoms with Gasteiger partial charge in [-0.05, 0) is 12.8 Å². The molecule has 1 saturated carbocycles. The van der Waals surface area contributed by atoms with Crippen LogP contribution >= 0.6 is 11.3 Å². The number of anilines is 1. The van der Waals surface area contributed by atoms with E-state index >= 15 is 0 Å². The zero-order valence-electron chi connectivity index (χ0n) is 9.69. The number of aromatic nitrogens is 2. The summed E-state index contributed by atoms with van der Waals surface area (Å²) in [5.74, 6) is 0.565. The summed E-state index contributed by atoms with van der Waals surface area (Å²) in [6.07, 6.45) is 5.01. The second-order valence-electron chi connectivity index (χ2n) is 4.57. The van der Waals surface area contributed by atoms with Crippen LogP contribution < -0.4 is 5.32 Å². The molecular formula is C11H17N3OS. The molecule has 0 radical (unpaired) electrons. The fourth-order valence-electron chi connectivity index (χ4n) is 1.87. The third kappa shape index (κ3) is 2.58. The molecule has 2 rings (SSSR count). The highest BCUT2D eigenvalue weighted by Gasteiger charge is 2.21. The van der Waals surface area contributed by atoms with Crippen LogP contribution in [0.2, 0.25) is 0 Å². The molecule has 0 unspecified atom stereocenters. The van der Waals surface area contributed by atoms with Gasteiger partial charge in [-0.2, -0.15) is 0 Å². The van der Waals surface area contributed by atoms with Gasteiger partial charge in [-0.1, -0.05) is 38.0 Å². The lowest BCUT2D eigenvalue weighted by Crippen LogP contribution is -2.17.